The van der Waals surface area contributed by atoms with Crippen molar-refractivity contribution in [1.29, 1.82) is 0 Å². The summed E-state index contributed by atoms with van der Waals surface area (Å²) in [5, 5.41) is 0. The molecule has 0 aromatic carbocycles. The second-order valence-electron chi connectivity index (χ2n) is 14.5. The normalized spacial score (nSPS) is 33.4. The first-order valence-electron chi connectivity index (χ1n) is 15.5. The highest BCUT2D eigenvalue weighted by atomic mass is 28.5. The van der Waals surface area contributed by atoms with Crippen molar-refractivity contribution in [3.63, 3.8) is 0 Å². The fraction of sp³-hybridized carbons (Fsp3) is 0.931. The molecule has 4 saturated carbocycles. The molecule has 0 heterocycles. The van der Waals surface area contributed by atoms with E-state index in [1.54, 1.807) is 0 Å². The molecular weight excluding hydrogens is 646 g/mol. The summed E-state index contributed by atoms with van der Waals surface area (Å²) in [7, 11) is -2.73. The van der Waals surface area contributed by atoms with Gasteiger partial charge >= 0.3 is 47.3 Å². The van der Waals surface area contributed by atoms with Gasteiger partial charge in [0.1, 0.15) is 5.60 Å². The van der Waals surface area contributed by atoms with Gasteiger partial charge in [0, 0.05) is 45.8 Å². The van der Waals surface area contributed by atoms with Crippen LogP contribution in [0.1, 0.15) is 72.6 Å². The number of esters is 2. The Morgan fingerprint density at radius 1 is 0.733 bits per heavy atom. The number of rotatable bonds is 11. The number of carbonyl (C=O) groups excluding carboxylic acids is 2. The molecule has 45 heavy (non-hydrogen) atoms. The molecule has 4 aliphatic rings. The van der Waals surface area contributed by atoms with E-state index >= 15 is 0 Å². The Balaban J connectivity index is 1.62. The lowest BCUT2D eigenvalue weighted by Crippen LogP contribution is -2.62. The van der Waals surface area contributed by atoms with Crippen LogP contribution in [-0.4, -0.2) is 74.2 Å². The van der Waals surface area contributed by atoms with Crippen LogP contribution in [0, 0.1) is 35.5 Å². The SMILES string of the molecule is CO[Si](C)(O[Si](OC)(OC)C1CC2CC(CC(OC(C)=O)(C(F)(F)F)C(F)(F)F)C1C2)C1CC2CC(C(=O)OC(C)(C)C)C1C2. The zero-order valence-electron chi connectivity index (χ0n) is 27.1. The highest BCUT2D eigenvalue weighted by molar-refractivity contribution is 6.79. The zero-order valence-corrected chi connectivity index (χ0v) is 29.1. The number of alkyl halides is 6. The molecule has 9 atom stereocenters. The Bertz CT molecular complexity index is 1100. The summed E-state index contributed by atoms with van der Waals surface area (Å²) in [6.45, 7) is 7.84. The number of ether oxygens (including phenoxy) is 2. The third-order valence-electron chi connectivity index (χ3n) is 10.7. The van der Waals surface area contributed by atoms with Gasteiger partial charge in [0.2, 0.25) is 0 Å². The lowest BCUT2D eigenvalue weighted by Gasteiger charge is -2.47. The smallest absolute Gasteiger partial charge is 0.460 e. The molecule has 0 aliphatic heterocycles. The minimum atomic E-state index is -5.88. The van der Waals surface area contributed by atoms with E-state index in [2.05, 4.69) is 4.74 Å². The second-order valence-corrected chi connectivity index (χ2v) is 21.3. The van der Waals surface area contributed by atoms with Gasteiger partial charge in [-0.15, -0.1) is 0 Å². The predicted molar refractivity (Wildman–Crippen MR) is 153 cm³/mol. The van der Waals surface area contributed by atoms with E-state index in [1.165, 1.54) is 21.3 Å². The molecule has 4 aliphatic carbocycles. The Hall–Kier alpha value is -1.21. The van der Waals surface area contributed by atoms with Gasteiger partial charge in [0.25, 0.3) is 0 Å². The highest BCUT2D eigenvalue weighted by Crippen LogP contribution is 2.64. The third-order valence-corrected chi connectivity index (χ3v) is 19.0. The second kappa shape index (κ2) is 12.4. The van der Waals surface area contributed by atoms with Crippen LogP contribution in [0.25, 0.3) is 0 Å². The van der Waals surface area contributed by atoms with Gasteiger partial charge in [-0.2, -0.15) is 26.3 Å². The van der Waals surface area contributed by atoms with Crippen LogP contribution in [0.3, 0.4) is 0 Å². The van der Waals surface area contributed by atoms with E-state index < -0.39 is 70.7 Å². The van der Waals surface area contributed by atoms with Crippen molar-refractivity contribution in [2.75, 3.05) is 21.3 Å². The quantitative estimate of drug-likeness (QED) is 0.131. The van der Waals surface area contributed by atoms with E-state index in [9.17, 15) is 35.9 Å². The van der Waals surface area contributed by atoms with E-state index in [0.29, 0.717) is 26.2 Å². The molecule has 0 radical (unpaired) electrons. The molecule has 0 aromatic heterocycles. The molecule has 4 bridgehead atoms. The van der Waals surface area contributed by atoms with Gasteiger partial charge in [0.15, 0.2) is 0 Å². The lowest BCUT2D eigenvalue weighted by molar-refractivity contribution is -0.374. The maximum Gasteiger partial charge on any atom is 0.495 e. The average molecular weight is 693 g/mol. The van der Waals surface area contributed by atoms with Crippen molar-refractivity contribution < 1.29 is 62.8 Å². The molecule has 0 amide bonds. The van der Waals surface area contributed by atoms with E-state index in [0.717, 1.165) is 12.8 Å². The van der Waals surface area contributed by atoms with Crippen molar-refractivity contribution in [3.05, 3.63) is 0 Å². The first-order valence-corrected chi connectivity index (χ1v) is 19.7. The van der Waals surface area contributed by atoms with Crippen molar-refractivity contribution in [1.82, 2.24) is 0 Å². The van der Waals surface area contributed by atoms with Crippen LogP contribution < -0.4 is 0 Å². The summed E-state index contributed by atoms with van der Waals surface area (Å²) >= 11 is 0. The first kappa shape index (κ1) is 36.6. The first-order chi connectivity index (χ1) is 20.5. The Morgan fingerprint density at radius 2 is 1.27 bits per heavy atom. The summed E-state index contributed by atoms with van der Waals surface area (Å²) in [6, 6.07) is 0. The van der Waals surface area contributed by atoms with E-state index in [-0.39, 0.29) is 41.6 Å². The molecule has 8 nitrogen and oxygen atoms in total. The summed E-state index contributed by atoms with van der Waals surface area (Å²) < 4.78 is 120. The van der Waals surface area contributed by atoms with Gasteiger partial charge in [-0.25, -0.2) is 0 Å². The topological polar surface area (TPSA) is 89.5 Å². The molecule has 0 saturated heterocycles. The fourth-order valence-electron chi connectivity index (χ4n) is 9.00. The van der Waals surface area contributed by atoms with Crippen LogP contribution in [-0.2, 0) is 36.5 Å². The van der Waals surface area contributed by atoms with Crippen LogP contribution in [0.4, 0.5) is 26.3 Å². The molecule has 0 N–H and O–H groups in total. The van der Waals surface area contributed by atoms with Crippen LogP contribution in [0.2, 0.25) is 17.6 Å². The summed E-state index contributed by atoms with van der Waals surface area (Å²) in [6.07, 6.45) is -9.97. The number of halogens is 6. The van der Waals surface area contributed by atoms with Gasteiger partial charge in [0.05, 0.1) is 5.92 Å². The van der Waals surface area contributed by atoms with Gasteiger partial charge < -0.3 is 26.9 Å². The zero-order chi connectivity index (χ0) is 34.0. The third kappa shape index (κ3) is 6.74. The molecule has 4 fully saturated rings. The standard InChI is InChI=1S/C29H46F6O8Si2/c1-16(36)41-27(28(30,31)32,29(33,34)35)15-19-9-17-10-20(19)24(14-17)45(39-6,40-7)43-44(8,38-5)23-13-18-11-21(23)22(12-18)25(37)42-26(2,3)4/h17-24H,9-15H2,1-8H3. The van der Waals surface area contributed by atoms with Crippen LogP contribution in [0.15, 0.2) is 0 Å². The number of hydrogen-bond acceptors (Lipinski definition) is 8. The molecular formula is C29H46F6O8Si2. The highest BCUT2D eigenvalue weighted by Gasteiger charge is 2.76. The fourth-order valence-corrected chi connectivity index (χ4v) is 18.0. The molecule has 260 valence electrons. The average Bonchev–Trinajstić information content (AvgIpc) is 3.70. The number of carbonyl (C=O) groups is 2. The minimum Gasteiger partial charge on any atom is -0.460 e. The largest absolute Gasteiger partial charge is 0.495 e. The van der Waals surface area contributed by atoms with E-state index in [4.69, 9.17) is 22.1 Å². The monoisotopic (exact) mass is 692 g/mol. The van der Waals surface area contributed by atoms with Crippen molar-refractivity contribution in [2.45, 2.75) is 114 Å². The summed E-state index contributed by atoms with van der Waals surface area (Å²) in [5.74, 6) is -3.94. The maximum absolute atomic E-state index is 14.2. The Morgan fingerprint density at radius 3 is 1.71 bits per heavy atom. The molecule has 0 spiro atoms. The predicted octanol–water partition coefficient (Wildman–Crippen LogP) is 6.94. The van der Waals surface area contributed by atoms with E-state index in [1.807, 2.05) is 27.3 Å². The molecule has 4 rings (SSSR count). The molecule has 16 heteroatoms. The van der Waals surface area contributed by atoms with Gasteiger partial charge in [-0.3, -0.25) is 9.59 Å². The minimum absolute atomic E-state index is 0.0578. The summed E-state index contributed by atoms with van der Waals surface area (Å²) in [5.41, 5.74) is -6.00. The number of fused-ring (bicyclic) bond motifs is 4. The lowest BCUT2D eigenvalue weighted by atomic mass is 9.79. The van der Waals surface area contributed by atoms with Crippen molar-refractivity contribution >= 4 is 29.3 Å². The van der Waals surface area contributed by atoms with Crippen molar-refractivity contribution in [2.24, 2.45) is 35.5 Å². The number of hydrogen-bond donors (Lipinski definition) is 0. The summed E-state index contributed by atoms with van der Waals surface area (Å²) in [4.78, 5) is 24.7. The van der Waals surface area contributed by atoms with Crippen molar-refractivity contribution in [3.8, 4) is 0 Å². The Kier molecular flexibility index (Phi) is 10.1. The molecule has 9 unspecified atom stereocenters. The molecule has 0 aromatic rings. The van der Waals surface area contributed by atoms with Gasteiger partial charge in [-0.05, 0) is 95.4 Å². The van der Waals surface area contributed by atoms with Crippen LogP contribution in [0.5, 0.6) is 0 Å². The maximum atomic E-state index is 14.2. The van der Waals surface area contributed by atoms with Gasteiger partial charge in [-0.1, -0.05) is 0 Å². The van der Waals surface area contributed by atoms with Crippen LogP contribution >= 0.6 is 0 Å². The Labute approximate surface area is 262 Å².